The van der Waals surface area contributed by atoms with E-state index in [0.29, 0.717) is 16.9 Å². The van der Waals surface area contributed by atoms with Gasteiger partial charge in [0.25, 0.3) is 0 Å². The molecule has 2 heterocycles. The van der Waals surface area contributed by atoms with Gasteiger partial charge in [-0.1, -0.05) is 66.7 Å². The number of piperazine rings is 1. The molecule has 1 N–H and O–H groups in total. The summed E-state index contributed by atoms with van der Waals surface area (Å²) in [7, 11) is 1.53. The Hall–Kier alpha value is -5.43. The highest BCUT2D eigenvalue weighted by Crippen LogP contribution is 2.33. The molecule has 6 rings (SSSR count). The predicted molar refractivity (Wildman–Crippen MR) is 175 cm³/mol. The monoisotopic (exact) mass is 689 g/mol. The van der Waals surface area contributed by atoms with E-state index < -0.39 is 47.6 Å². The van der Waals surface area contributed by atoms with Crippen molar-refractivity contribution in [3.63, 3.8) is 0 Å². The van der Waals surface area contributed by atoms with E-state index in [1.165, 1.54) is 46.2 Å². The van der Waals surface area contributed by atoms with Crippen LogP contribution in [0.4, 0.5) is 22.4 Å². The number of urea groups is 1. The molecule has 2 atom stereocenters. The number of carbonyl (C=O) groups excluding carboxylic acids is 3. The summed E-state index contributed by atoms with van der Waals surface area (Å²) in [6.07, 6.45) is -5.51. The number of hydrogen-bond donors (Lipinski definition) is 1. The van der Waals surface area contributed by atoms with Crippen molar-refractivity contribution < 1.29 is 36.7 Å². The van der Waals surface area contributed by atoms with Gasteiger partial charge >= 0.3 is 12.2 Å². The molecule has 2 aliphatic heterocycles. The Kier molecular flexibility index (Phi) is 10.0. The van der Waals surface area contributed by atoms with Crippen molar-refractivity contribution in [2.75, 3.05) is 20.2 Å². The number of fused-ring (bicyclic) bond motifs is 1. The van der Waals surface area contributed by atoms with Crippen LogP contribution in [0.5, 0.6) is 5.75 Å². The van der Waals surface area contributed by atoms with Gasteiger partial charge in [-0.05, 0) is 58.7 Å². The molecular formula is C37H35F4N5O4. The van der Waals surface area contributed by atoms with Crippen molar-refractivity contribution in [3.8, 4) is 5.75 Å². The Morgan fingerprint density at radius 1 is 0.840 bits per heavy atom. The first kappa shape index (κ1) is 34.4. The summed E-state index contributed by atoms with van der Waals surface area (Å²) in [5.74, 6) is -0.710. The van der Waals surface area contributed by atoms with Crippen LogP contribution in [0.2, 0.25) is 0 Å². The van der Waals surface area contributed by atoms with Gasteiger partial charge in [0.05, 0.1) is 25.8 Å². The molecule has 0 aliphatic carbocycles. The topological polar surface area (TPSA) is 85.4 Å². The SMILES string of the molecule is COc1ccc(CC2C(=O)N(Cc3cccc(C(F)(F)F)c3)CC3N2C(=O)CN(Cc2ccc(F)cc2)N3C(=O)NCc2ccccc2)cc1. The Labute approximate surface area is 286 Å². The van der Waals surface area contributed by atoms with Crippen LogP contribution in [0.3, 0.4) is 0 Å². The van der Waals surface area contributed by atoms with Crippen LogP contribution in [-0.4, -0.2) is 70.1 Å². The molecule has 2 saturated heterocycles. The molecule has 13 heteroatoms. The number of amides is 4. The quantitative estimate of drug-likeness (QED) is 0.231. The number of rotatable bonds is 9. The maximum Gasteiger partial charge on any atom is 0.416 e. The molecule has 260 valence electrons. The van der Waals surface area contributed by atoms with Gasteiger partial charge in [0, 0.05) is 26.1 Å². The van der Waals surface area contributed by atoms with Gasteiger partial charge in [-0.2, -0.15) is 13.2 Å². The van der Waals surface area contributed by atoms with Gasteiger partial charge in [0.2, 0.25) is 11.8 Å². The minimum absolute atomic E-state index is 0.0693. The highest BCUT2D eigenvalue weighted by molar-refractivity contribution is 5.91. The number of methoxy groups -OCH3 is 1. The van der Waals surface area contributed by atoms with Crippen molar-refractivity contribution in [1.29, 1.82) is 0 Å². The van der Waals surface area contributed by atoms with Gasteiger partial charge in [0.15, 0.2) is 0 Å². The number of halogens is 4. The van der Waals surface area contributed by atoms with E-state index in [4.69, 9.17) is 4.74 Å². The summed E-state index contributed by atoms with van der Waals surface area (Å²) < 4.78 is 59.9. The van der Waals surface area contributed by atoms with Gasteiger partial charge in [-0.25, -0.2) is 19.2 Å². The van der Waals surface area contributed by atoms with E-state index in [2.05, 4.69) is 5.32 Å². The molecule has 2 aliphatic rings. The molecule has 9 nitrogen and oxygen atoms in total. The van der Waals surface area contributed by atoms with E-state index in [9.17, 15) is 31.9 Å². The highest BCUT2D eigenvalue weighted by Gasteiger charge is 2.51. The van der Waals surface area contributed by atoms with Crippen LogP contribution in [0.25, 0.3) is 0 Å². The smallest absolute Gasteiger partial charge is 0.416 e. The normalized spacial score (nSPS) is 18.2. The lowest BCUT2D eigenvalue weighted by Gasteiger charge is -2.55. The maximum absolute atomic E-state index is 14.2. The molecule has 0 aromatic heterocycles. The molecule has 4 amide bonds. The zero-order chi connectivity index (χ0) is 35.4. The van der Waals surface area contributed by atoms with Crippen LogP contribution in [0, 0.1) is 5.82 Å². The van der Waals surface area contributed by atoms with Crippen LogP contribution in [-0.2, 0) is 41.8 Å². The Bertz CT molecular complexity index is 1820. The van der Waals surface area contributed by atoms with Crippen molar-refractivity contribution >= 4 is 17.8 Å². The number of nitrogens with zero attached hydrogens (tertiary/aromatic N) is 4. The first-order chi connectivity index (χ1) is 24.0. The van der Waals surface area contributed by atoms with E-state index in [1.54, 1.807) is 41.4 Å². The van der Waals surface area contributed by atoms with Crippen molar-refractivity contribution in [1.82, 2.24) is 25.1 Å². The number of alkyl halides is 3. The third-order valence-corrected chi connectivity index (χ3v) is 8.82. The van der Waals surface area contributed by atoms with Gasteiger partial charge in [-0.15, -0.1) is 0 Å². The molecule has 2 unspecified atom stereocenters. The molecule has 0 saturated carbocycles. The lowest BCUT2D eigenvalue weighted by molar-refractivity contribution is -0.192. The molecule has 4 aromatic rings. The summed E-state index contributed by atoms with van der Waals surface area (Å²) in [6, 6.07) is 25.0. The number of ether oxygens (including phenoxy) is 1. The Morgan fingerprint density at radius 3 is 2.20 bits per heavy atom. The summed E-state index contributed by atoms with van der Waals surface area (Å²) in [6.45, 7) is -0.369. The summed E-state index contributed by atoms with van der Waals surface area (Å²) >= 11 is 0. The zero-order valence-electron chi connectivity index (χ0n) is 27.1. The van der Waals surface area contributed by atoms with Crippen LogP contribution < -0.4 is 10.1 Å². The first-order valence-electron chi connectivity index (χ1n) is 16.0. The van der Waals surface area contributed by atoms with E-state index >= 15 is 0 Å². The number of hydrazine groups is 1. The van der Waals surface area contributed by atoms with Gasteiger partial charge < -0.3 is 19.9 Å². The van der Waals surface area contributed by atoms with Crippen LogP contribution in [0.15, 0.2) is 103 Å². The standard InChI is InChI=1S/C37H35F4N5O4/c1-50-31-16-12-25(13-17-31)19-32-35(48)43(21-28-8-5-9-29(18-28)37(39,40)41)23-33-45(32)34(47)24-44(22-27-10-14-30(38)15-11-27)46(33)36(49)42-20-26-6-3-2-4-7-26/h2-18,32-33H,19-24H2,1H3,(H,42,49). The van der Waals surface area contributed by atoms with Crippen LogP contribution >= 0.6 is 0 Å². The third kappa shape index (κ3) is 7.73. The maximum atomic E-state index is 14.2. The molecule has 4 aromatic carbocycles. The summed E-state index contributed by atoms with van der Waals surface area (Å²) in [5, 5.41) is 5.88. The van der Waals surface area contributed by atoms with Gasteiger partial charge in [-0.3, -0.25) is 9.59 Å². The van der Waals surface area contributed by atoms with Crippen LogP contribution in [0.1, 0.15) is 27.8 Å². The largest absolute Gasteiger partial charge is 0.497 e. The average molecular weight is 690 g/mol. The molecule has 0 bridgehead atoms. The third-order valence-electron chi connectivity index (χ3n) is 8.82. The number of carbonyl (C=O) groups is 3. The van der Waals surface area contributed by atoms with E-state index in [1.807, 2.05) is 30.3 Å². The molecule has 50 heavy (non-hydrogen) atoms. The fourth-order valence-electron chi connectivity index (χ4n) is 6.38. The van der Waals surface area contributed by atoms with Crippen molar-refractivity contribution in [2.24, 2.45) is 0 Å². The fraction of sp³-hybridized carbons (Fsp3) is 0.270. The molecule has 2 fully saturated rings. The summed E-state index contributed by atoms with van der Waals surface area (Å²) in [4.78, 5) is 45.3. The first-order valence-corrected chi connectivity index (χ1v) is 16.0. The fourth-order valence-corrected chi connectivity index (χ4v) is 6.38. The number of hydrogen-bond acceptors (Lipinski definition) is 5. The lowest BCUT2D eigenvalue weighted by Crippen LogP contribution is -2.76. The zero-order valence-corrected chi connectivity index (χ0v) is 27.1. The van der Waals surface area contributed by atoms with E-state index in [0.717, 1.165) is 17.7 Å². The minimum atomic E-state index is -4.58. The number of benzene rings is 4. The molecule has 0 spiro atoms. The van der Waals surface area contributed by atoms with Gasteiger partial charge in [0.1, 0.15) is 23.8 Å². The van der Waals surface area contributed by atoms with E-state index in [-0.39, 0.29) is 44.7 Å². The van der Waals surface area contributed by atoms with Crippen molar-refractivity contribution in [2.45, 2.75) is 44.4 Å². The summed E-state index contributed by atoms with van der Waals surface area (Å²) in [5.41, 5.74) is 1.58. The second kappa shape index (κ2) is 14.6. The second-order valence-electron chi connectivity index (χ2n) is 12.2. The minimum Gasteiger partial charge on any atom is -0.497 e. The lowest BCUT2D eigenvalue weighted by atomic mass is 9.98. The average Bonchev–Trinajstić information content (AvgIpc) is 3.10. The predicted octanol–water partition coefficient (Wildman–Crippen LogP) is 5.60. The highest BCUT2D eigenvalue weighted by atomic mass is 19.4. The Balaban J connectivity index is 1.38. The molecular weight excluding hydrogens is 654 g/mol. The number of nitrogens with one attached hydrogen (secondary N) is 1. The Morgan fingerprint density at radius 2 is 1.52 bits per heavy atom. The second-order valence-corrected chi connectivity index (χ2v) is 12.2. The van der Waals surface area contributed by atoms with Crippen molar-refractivity contribution in [3.05, 3.63) is 137 Å². The molecule has 0 radical (unpaired) electrons.